The van der Waals surface area contributed by atoms with Gasteiger partial charge in [0.1, 0.15) is 0 Å². The molecule has 1 aliphatic heterocycles. The first kappa shape index (κ1) is 13.5. The van der Waals surface area contributed by atoms with E-state index in [0.717, 1.165) is 32.7 Å². The van der Waals surface area contributed by atoms with Crippen molar-refractivity contribution >= 4 is 11.3 Å². The average molecular weight is 282 g/mol. The molecule has 2 aliphatic rings. The predicted octanol–water partition coefficient (Wildman–Crippen LogP) is 2.22. The number of thiazole rings is 1. The lowest BCUT2D eigenvalue weighted by molar-refractivity contribution is -0.113. The summed E-state index contributed by atoms with van der Waals surface area (Å²) in [6, 6.07) is 0.520. The van der Waals surface area contributed by atoms with Crippen molar-refractivity contribution in [3.05, 3.63) is 16.1 Å². The van der Waals surface area contributed by atoms with Crippen molar-refractivity contribution in [3.8, 4) is 0 Å². The third-order valence-corrected chi connectivity index (χ3v) is 5.14. The van der Waals surface area contributed by atoms with Crippen molar-refractivity contribution in [1.82, 2.24) is 9.88 Å². The summed E-state index contributed by atoms with van der Waals surface area (Å²) in [5.74, 6) is 0. The lowest BCUT2D eigenvalue weighted by Crippen LogP contribution is -2.51. The second-order valence-corrected chi connectivity index (χ2v) is 6.24. The molecule has 4 nitrogen and oxygen atoms in total. The van der Waals surface area contributed by atoms with Crippen molar-refractivity contribution in [2.45, 2.75) is 51.5 Å². The molecule has 2 heterocycles. The summed E-state index contributed by atoms with van der Waals surface area (Å²) < 4.78 is 11.8. The van der Waals surface area contributed by atoms with E-state index in [2.05, 4.69) is 23.7 Å². The SMILES string of the molecule is CCO[C@H]1CC[C@H]2[C@@H]1OCCN2Cc1scnc1C. The van der Waals surface area contributed by atoms with E-state index in [4.69, 9.17) is 9.47 Å². The van der Waals surface area contributed by atoms with Crippen LogP contribution in [0.4, 0.5) is 0 Å². The largest absolute Gasteiger partial charge is 0.376 e. The van der Waals surface area contributed by atoms with E-state index in [1.165, 1.54) is 17.0 Å². The molecule has 2 fully saturated rings. The molecule has 1 aromatic rings. The van der Waals surface area contributed by atoms with Crippen LogP contribution in [0, 0.1) is 6.92 Å². The summed E-state index contributed by atoms with van der Waals surface area (Å²) in [5.41, 5.74) is 3.12. The highest BCUT2D eigenvalue weighted by Crippen LogP contribution is 2.33. The summed E-state index contributed by atoms with van der Waals surface area (Å²) in [5, 5.41) is 0. The smallest absolute Gasteiger partial charge is 0.0992 e. The van der Waals surface area contributed by atoms with E-state index in [1.54, 1.807) is 11.3 Å². The van der Waals surface area contributed by atoms with Gasteiger partial charge in [-0.3, -0.25) is 4.90 Å². The highest BCUT2D eigenvalue weighted by atomic mass is 32.1. The quantitative estimate of drug-likeness (QED) is 0.848. The average Bonchev–Trinajstić information content (AvgIpc) is 2.99. The Morgan fingerprint density at radius 2 is 2.42 bits per heavy atom. The molecule has 1 aliphatic carbocycles. The van der Waals surface area contributed by atoms with Gasteiger partial charge in [0, 0.05) is 30.6 Å². The Morgan fingerprint density at radius 1 is 1.53 bits per heavy atom. The zero-order chi connectivity index (χ0) is 13.2. The summed E-state index contributed by atoms with van der Waals surface area (Å²) in [7, 11) is 0. The molecule has 0 spiro atoms. The van der Waals surface area contributed by atoms with Crippen molar-refractivity contribution < 1.29 is 9.47 Å². The molecule has 1 saturated heterocycles. The molecule has 0 amide bonds. The Labute approximate surface area is 118 Å². The Kier molecular flexibility index (Phi) is 4.17. The topological polar surface area (TPSA) is 34.6 Å². The first-order valence-electron chi connectivity index (χ1n) is 7.15. The van der Waals surface area contributed by atoms with Crippen LogP contribution in [-0.2, 0) is 16.0 Å². The van der Waals surface area contributed by atoms with Crippen LogP contribution in [0.1, 0.15) is 30.3 Å². The molecule has 1 aromatic heterocycles. The zero-order valence-electron chi connectivity index (χ0n) is 11.7. The maximum atomic E-state index is 5.97. The molecule has 0 N–H and O–H groups in total. The van der Waals surface area contributed by atoms with Crippen molar-refractivity contribution in [2.24, 2.45) is 0 Å². The number of hydrogen-bond donors (Lipinski definition) is 0. The van der Waals surface area contributed by atoms with Crippen molar-refractivity contribution in [3.63, 3.8) is 0 Å². The van der Waals surface area contributed by atoms with Crippen LogP contribution >= 0.6 is 11.3 Å². The minimum absolute atomic E-state index is 0.266. The molecule has 106 valence electrons. The number of hydrogen-bond acceptors (Lipinski definition) is 5. The number of aromatic nitrogens is 1. The van der Waals surface area contributed by atoms with Gasteiger partial charge in [-0.05, 0) is 26.7 Å². The molecule has 0 radical (unpaired) electrons. The number of nitrogens with zero attached hydrogens (tertiary/aromatic N) is 2. The maximum absolute atomic E-state index is 5.97. The van der Waals surface area contributed by atoms with E-state index in [9.17, 15) is 0 Å². The van der Waals surface area contributed by atoms with Crippen LogP contribution < -0.4 is 0 Å². The van der Waals surface area contributed by atoms with Gasteiger partial charge >= 0.3 is 0 Å². The van der Waals surface area contributed by atoms with Gasteiger partial charge in [0.25, 0.3) is 0 Å². The highest BCUT2D eigenvalue weighted by Gasteiger charge is 2.43. The molecule has 3 rings (SSSR count). The van der Waals surface area contributed by atoms with E-state index in [-0.39, 0.29) is 6.10 Å². The second-order valence-electron chi connectivity index (χ2n) is 5.31. The summed E-state index contributed by atoms with van der Waals surface area (Å²) in [6.45, 7) is 7.81. The Balaban J connectivity index is 1.68. The van der Waals surface area contributed by atoms with Crippen LogP contribution in [0.5, 0.6) is 0 Å². The fraction of sp³-hybridized carbons (Fsp3) is 0.786. The number of ether oxygens (including phenoxy) is 2. The third-order valence-electron chi connectivity index (χ3n) is 4.22. The normalized spacial score (nSPS) is 31.6. The molecule has 0 aromatic carbocycles. The van der Waals surface area contributed by atoms with E-state index in [1.807, 2.05) is 5.51 Å². The Hall–Kier alpha value is -0.490. The minimum atomic E-state index is 0.266. The van der Waals surface area contributed by atoms with Crippen LogP contribution in [0.15, 0.2) is 5.51 Å². The van der Waals surface area contributed by atoms with Gasteiger partial charge < -0.3 is 9.47 Å². The molecule has 5 heteroatoms. The number of aryl methyl sites for hydroxylation is 1. The molecular formula is C14H22N2O2S. The van der Waals surface area contributed by atoms with E-state index in [0.29, 0.717) is 12.1 Å². The van der Waals surface area contributed by atoms with Gasteiger partial charge in [-0.2, -0.15) is 0 Å². The molecular weight excluding hydrogens is 260 g/mol. The molecule has 0 unspecified atom stereocenters. The number of morpholine rings is 1. The monoisotopic (exact) mass is 282 g/mol. The van der Waals surface area contributed by atoms with Crippen LogP contribution in [0.25, 0.3) is 0 Å². The molecule has 0 bridgehead atoms. The van der Waals surface area contributed by atoms with Gasteiger partial charge in [0.15, 0.2) is 0 Å². The Morgan fingerprint density at radius 3 is 3.16 bits per heavy atom. The van der Waals surface area contributed by atoms with Crippen molar-refractivity contribution in [1.29, 1.82) is 0 Å². The third kappa shape index (κ3) is 2.70. The van der Waals surface area contributed by atoms with Crippen LogP contribution in [-0.4, -0.2) is 47.9 Å². The van der Waals surface area contributed by atoms with Gasteiger partial charge in [0.05, 0.1) is 30.0 Å². The molecule has 3 atom stereocenters. The van der Waals surface area contributed by atoms with Gasteiger partial charge in [0.2, 0.25) is 0 Å². The minimum Gasteiger partial charge on any atom is -0.376 e. The first-order valence-corrected chi connectivity index (χ1v) is 8.03. The van der Waals surface area contributed by atoms with Crippen LogP contribution in [0.3, 0.4) is 0 Å². The lowest BCUT2D eigenvalue weighted by Gasteiger charge is -2.38. The number of fused-ring (bicyclic) bond motifs is 1. The lowest BCUT2D eigenvalue weighted by atomic mass is 10.1. The van der Waals surface area contributed by atoms with Crippen LogP contribution in [0.2, 0.25) is 0 Å². The second kappa shape index (κ2) is 5.87. The summed E-state index contributed by atoms with van der Waals surface area (Å²) in [6.07, 6.45) is 2.87. The van der Waals surface area contributed by atoms with Gasteiger partial charge in [-0.25, -0.2) is 4.98 Å². The number of rotatable bonds is 4. The summed E-state index contributed by atoms with van der Waals surface area (Å²) >= 11 is 1.76. The fourth-order valence-corrected chi connectivity index (χ4v) is 4.04. The summed E-state index contributed by atoms with van der Waals surface area (Å²) in [4.78, 5) is 8.30. The fourth-order valence-electron chi connectivity index (χ4n) is 3.24. The molecule has 1 saturated carbocycles. The molecule has 19 heavy (non-hydrogen) atoms. The standard InChI is InChI=1S/C14H22N2O2S/c1-3-17-12-5-4-11-14(12)18-7-6-16(11)8-13-10(2)15-9-19-13/h9,11-12,14H,3-8H2,1-2H3/t11-,12-,14-/m0/s1. The van der Waals surface area contributed by atoms with E-state index >= 15 is 0 Å². The predicted molar refractivity (Wildman–Crippen MR) is 75.4 cm³/mol. The van der Waals surface area contributed by atoms with Gasteiger partial charge in [-0.15, -0.1) is 11.3 Å². The van der Waals surface area contributed by atoms with Crippen molar-refractivity contribution in [2.75, 3.05) is 19.8 Å². The highest BCUT2D eigenvalue weighted by molar-refractivity contribution is 7.09. The Bertz CT molecular complexity index is 423. The van der Waals surface area contributed by atoms with E-state index < -0.39 is 0 Å². The van der Waals surface area contributed by atoms with Gasteiger partial charge in [-0.1, -0.05) is 0 Å². The first-order chi connectivity index (χ1) is 9.29. The maximum Gasteiger partial charge on any atom is 0.0992 e. The zero-order valence-corrected chi connectivity index (χ0v) is 12.5.